The highest BCUT2D eigenvalue weighted by molar-refractivity contribution is 5.53. The molecule has 1 aromatic rings. The molecule has 1 atom stereocenters. The predicted molar refractivity (Wildman–Crippen MR) is 76.7 cm³/mol. The van der Waals surface area contributed by atoms with Crippen molar-refractivity contribution in [2.75, 3.05) is 31.3 Å². The molecule has 3 nitrogen and oxygen atoms in total. The monoisotopic (exact) mass is 266 g/mol. The standard InChI is InChI=1S/C15H23FN2O/c1-12-10-14(18-8-2-4-13(17)11-18)5-6-15(12)19-9-3-7-16/h5-6,10,13H,2-4,7-9,11,17H2,1H3. The Kier molecular flexibility index (Phi) is 5.02. The highest BCUT2D eigenvalue weighted by Crippen LogP contribution is 2.26. The number of nitrogens with two attached hydrogens (primary N) is 1. The molecule has 0 amide bonds. The molecule has 0 spiro atoms. The van der Waals surface area contributed by atoms with Gasteiger partial charge in [-0.05, 0) is 43.5 Å². The third-order valence-electron chi connectivity index (χ3n) is 3.52. The zero-order valence-corrected chi connectivity index (χ0v) is 11.6. The van der Waals surface area contributed by atoms with Crippen molar-refractivity contribution in [3.63, 3.8) is 0 Å². The van der Waals surface area contributed by atoms with Crippen LogP contribution in [0, 0.1) is 6.92 Å². The molecule has 1 fully saturated rings. The van der Waals surface area contributed by atoms with Gasteiger partial charge in [-0.15, -0.1) is 0 Å². The molecule has 0 radical (unpaired) electrons. The van der Waals surface area contributed by atoms with Crippen molar-refractivity contribution in [1.82, 2.24) is 0 Å². The van der Waals surface area contributed by atoms with Gasteiger partial charge in [-0.25, -0.2) is 0 Å². The number of nitrogens with zero attached hydrogens (tertiary/aromatic N) is 1. The first-order valence-electron chi connectivity index (χ1n) is 7.00. The van der Waals surface area contributed by atoms with E-state index in [4.69, 9.17) is 10.5 Å². The lowest BCUT2D eigenvalue weighted by Gasteiger charge is -2.33. The molecule has 106 valence electrons. The Labute approximate surface area is 114 Å². The molecule has 1 aliphatic heterocycles. The molecule has 4 heteroatoms. The highest BCUT2D eigenvalue weighted by atomic mass is 19.1. The molecule has 1 aromatic carbocycles. The molecule has 1 aliphatic rings. The Hall–Kier alpha value is -1.29. The topological polar surface area (TPSA) is 38.5 Å². The number of hydrogen-bond acceptors (Lipinski definition) is 3. The van der Waals surface area contributed by atoms with Crippen LogP contribution in [0.4, 0.5) is 10.1 Å². The minimum Gasteiger partial charge on any atom is -0.493 e. The summed E-state index contributed by atoms with van der Waals surface area (Å²) in [7, 11) is 0. The third kappa shape index (κ3) is 3.83. The van der Waals surface area contributed by atoms with Crippen molar-refractivity contribution in [2.24, 2.45) is 5.73 Å². The number of benzene rings is 1. The molecule has 0 aromatic heterocycles. The van der Waals surface area contributed by atoms with Crippen LogP contribution in [0.5, 0.6) is 5.75 Å². The first kappa shape index (κ1) is 14.1. The molecule has 2 rings (SSSR count). The summed E-state index contributed by atoms with van der Waals surface area (Å²) < 4.78 is 17.6. The number of alkyl halides is 1. The van der Waals surface area contributed by atoms with Crippen molar-refractivity contribution in [3.05, 3.63) is 23.8 Å². The van der Waals surface area contributed by atoms with Crippen molar-refractivity contribution in [3.8, 4) is 5.75 Å². The largest absolute Gasteiger partial charge is 0.493 e. The summed E-state index contributed by atoms with van der Waals surface area (Å²) in [6.45, 7) is 4.11. The van der Waals surface area contributed by atoms with Crippen molar-refractivity contribution < 1.29 is 9.13 Å². The molecule has 1 heterocycles. The molecule has 0 aliphatic carbocycles. The molecule has 1 saturated heterocycles. The fraction of sp³-hybridized carbons (Fsp3) is 0.600. The van der Waals surface area contributed by atoms with Gasteiger partial charge in [0.15, 0.2) is 0 Å². The van der Waals surface area contributed by atoms with Gasteiger partial charge in [0.2, 0.25) is 0 Å². The number of hydrogen-bond donors (Lipinski definition) is 1. The van der Waals surface area contributed by atoms with Gasteiger partial charge < -0.3 is 15.4 Å². The number of rotatable bonds is 5. The second-order valence-corrected chi connectivity index (χ2v) is 5.19. The molecule has 0 saturated carbocycles. The maximum atomic E-state index is 12.0. The lowest BCUT2D eigenvalue weighted by Crippen LogP contribution is -2.42. The van der Waals surface area contributed by atoms with E-state index in [-0.39, 0.29) is 12.7 Å². The Morgan fingerprint density at radius 2 is 2.32 bits per heavy atom. The van der Waals surface area contributed by atoms with Crippen LogP contribution in [0.25, 0.3) is 0 Å². The van der Waals surface area contributed by atoms with Crippen LogP contribution in [-0.4, -0.2) is 32.4 Å². The quantitative estimate of drug-likeness (QED) is 0.833. The molecule has 0 bridgehead atoms. The van der Waals surface area contributed by atoms with Crippen LogP contribution < -0.4 is 15.4 Å². The summed E-state index contributed by atoms with van der Waals surface area (Å²) in [5.41, 5.74) is 8.30. The zero-order valence-electron chi connectivity index (χ0n) is 11.6. The summed E-state index contributed by atoms with van der Waals surface area (Å²) in [5.74, 6) is 0.846. The van der Waals surface area contributed by atoms with Crippen LogP contribution in [0.15, 0.2) is 18.2 Å². The van der Waals surface area contributed by atoms with Crippen LogP contribution in [0.3, 0.4) is 0 Å². The van der Waals surface area contributed by atoms with Gasteiger partial charge in [-0.2, -0.15) is 0 Å². The molecular formula is C15H23FN2O. The van der Waals surface area contributed by atoms with Gasteiger partial charge in [0.1, 0.15) is 5.75 Å². The number of anilines is 1. The first-order valence-corrected chi connectivity index (χ1v) is 7.00. The van der Waals surface area contributed by atoms with Crippen molar-refractivity contribution in [2.45, 2.75) is 32.2 Å². The number of aryl methyl sites for hydroxylation is 1. The van der Waals surface area contributed by atoms with Crippen molar-refractivity contribution in [1.29, 1.82) is 0 Å². The van der Waals surface area contributed by atoms with E-state index >= 15 is 0 Å². The Balaban J connectivity index is 2.01. The summed E-state index contributed by atoms with van der Waals surface area (Å²) >= 11 is 0. The van der Waals surface area contributed by atoms with Crippen molar-refractivity contribution >= 4 is 5.69 Å². The summed E-state index contributed by atoms with van der Waals surface area (Å²) in [6, 6.07) is 6.44. The molecular weight excluding hydrogens is 243 g/mol. The van der Waals surface area contributed by atoms with Gasteiger partial charge in [0.05, 0.1) is 13.3 Å². The second kappa shape index (κ2) is 6.75. The van der Waals surface area contributed by atoms with Gasteiger partial charge in [-0.1, -0.05) is 0 Å². The average molecular weight is 266 g/mol. The van der Waals surface area contributed by atoms with E-state index in [0.29, 0.717) is 13.0 Å². The number of piperidine rings is 1. The number of halogens is 1. The zero-order chi connectivity index (χ0) is 13.7. The molecule has 2 N–H and O–H groups in total. The minimum absolute atomic E-state index is 0.273. The van der Waals surface area contributed by atoms with E-state index < -0.39 is 0 Å². The summed E-state index contributed by atoms with van der Waals surface area (Å²) in [6.07, 6.45) is 2.71. The Morgan fingerprint density at radius 3 is 3.00 bits per heavy atom. The predicted octanol–water partition coefficient (Wildman–Crippen LogP) is 2.66. The third-order valence-corrected chi connectivity index (χ3v) is 3.52. The number of ether oxygens (including phenoxy) is 1. The van der Waals surface area contributed by atoms with E-state index in [0.717, 1.165) is 37.2 Å². The minimum atomic E-state index is -0.331. The van der Waals surface area contributed by atoms with Gasteiger partial charge in [0, 0.05) is 31.2 Å². The first-order chi connectivity index (χ1) is 9.20. The highest BCUT2D eigenvalue weighted by Gasteiger charge is 2.17. The average Bonchev–Trinajstić information content (AvgIpc) is 2.41. The van der Waals surface area contributed by atoms with Crippen LogP contribution in [-0.2, 0) is 0 Å². The fourth-order valence-corrected chi connectivity index (χ4v) is 2.47. The van der Waals surface area contributed by atoms with E-state index in [1.54, 1.807) is 0 Å². The van der Waals surface area contributed by atoms with E-state index in [1.165, 1.54) is 5.69 Å². The Morgan fingerprint density at radius 1 is 1.47 bits per heavy atom. The lowest BCUT2D eigenvalue weighted by molar-refractivity contribution is 0.288. The fourth-order valence-electron chi connectivity index (χ4n) is 2.47. The van der Waals surface area contributed by atoms with Crippen LogP contribution in [0.1, 0.15) is 24.8 Å². The SMILES string of the molecule is Cc1cc(N2CCCC(N)C2)ccc1OCCCF. The van der Waals surface area contributed by atoms with E-state index in [9.17, 15) is 4.39 Å². The summed E-state index contributed by atoms with van der Waals surface area (Å²) in [5, 5.41) is 0. The van der Waals surface area contributed by atoms with E-state index in [1.807, 2.05) is 13.0 Å². The van der Waals surface area contributed by atoms with Gasteiger partial charge in [-0.3, -0.25) is 4.39 Å². The molecule has 19 heavy (non-hydrogen) atoms. The molecule has 1 unspecified atom stereocenters. The maximum absolute atomic E-state index is 12.0. The van der Waals surface area contributed by atoms with E-state index in [2.05, 4.69) is 17.0 Å². The summed E-state index contributed by atoms with van der Waals surface area (Å²) in [4.78, 5) is 2.33. The lowest BCUT2D eigenvalue weighted by atomic mass is 10.1. The Bertz CT molecular complexity index is 411. The normalized spacial score (nSPS) is 19.5. The van der Waals surface area contributed by atoms with Gasteiger partial charge in [0.25, 0.3) is 0 Å². The van der Waals surface area contributed by atoms with Crippen LogP contribution in [0.2, 0.25) is 0 Å². The second-order valence-electron chi connectivity index (χ2n) is 5.19. The van der Waals surface area contributed by atoms with Gasteiger partial charge >= 0.3 is 0 Å². The smallest absolute Gasteiger partial charge is 0.122 e. The maximum Gasteiger partial charge on any atom is 0.122 e. The van der Waals surface area contributed by atoms with Crippen LogP contribution >= 0.6 is 0 Å².